The van der Waals surface area contributed by atoms with E-state index in [1.807, 2.05) is 26.0 Å². The summed E-state index contributed by atoms with van der Waals surface area (Å²) >= 11 is 0. The second kappa shape index (κ2) is 8.65. The number of carboxylic acid groups (broad SMARTS) is 1. The molecule has 0 saturated carbocycles. The standard InChI is InChI=1S/C19H28N2O4/c1-12(2)16(18(25)20-11-10-15(22)23)21-17(24)13-6-8-14(9-7-13)19(3,4)5/h6-9,12,16H,10-11H2,1-5H3,(H,20,25)(H,21,24)(H,22,23). The summed E-state index contributed by atoms with van der Waals surface area (Å²) in [7, 11) is 0. The Morgan fingerprint density at radius 3 is 2.08 bits per heavy atom. The maximum atomic E-state index is 12.4. The summed E-state index contributed by atoms with van der Waals surface area (Å²) in [6.45, 7) is 9.97. The summed E-state index contributed by atoms with van der Waals surface area (Å²) in [6.07, 6.45) is -0.154. The fourth-order valence-corrected chi connectivity index (χ4v) is 2.28. The van der Waals surface area contributed by atoms with E-state index in [0.29, 0.717) is 5.56 Å². The number of hydrogen-bond donors (Lipinski definition) is 3. The van der Waals surface area contributed by atoms with Crippen LogP contribution in [-0.2, 0) is 15.0 Å². The number of carbonyl (C=O) groups is 3. The summed E-state index contributed by atoms with van der Waals surface area (Å²) in [4.78, 5) is 35.1. The molecule has 6 heteroatoms. The van der Waals surface area contributed by atoms with E-state index in [-0.39, 0.29) is 36.1 Å². The van der Waals surface area contributed by atoms with Crippen LogP contribution < -0.4 is 10.6 Å². The molecule has 0 saturated heterocycles. The van der Waals surface area contributed by atoms with E-state index >= 15 is 0 Å². The van der Waals surface area contributed by atoms with Gasteiger partial charge < -0.3 is 15.7 Å². The molecule has 0 aliphatic carbocycles. The first-order valence-corrected chi connectivity index (χ1v) is 8.43. The summed E-state index contributed by atoms with van der Waals surface area (Å²) < 4.78 is 0. The molecule has 138 valence electrons. The molecule has 2 amide bonds. The Hall–Kier alpha value is -2.37. The van der Waals surface area contributed by atoms with Gasteiger partial charge >= 0.3 is 5.97 Å². The van der Waals surface area contributed by atoms with Crippen molar-refractivity contribution in [3.8, 4) is 0 Å². The van der Waals surface area contributed by atoms with Gasteiger partial charge in [0.2, 0.25) is 5.91 Å². The Bertz CT molecular complexity index is 615. The highest BCUT2D eigenvalue weighted by Crippen LogP contribution is 2.22. The van der Waals surface area contributed by atoms with Crippen molar-refractivity contribution in [2.75, 3.05) is 6.54 Å². The largest absolute Gasteiger partial charge is 0.481 e. The number of amides is 2. The van der Waals surface area contributed by atoms with Crippen molar-refractivity contribution in [1.29, 1.82) is 0 Å². The quantitative estimate of drug-likeness (QED) is 0.705. The first-order valence-electron chi connectivity index (χ1n) is 8.43. The van der Waals surface area contributed by atoms with Crippen LogP contribution in [0.25, 0.3) is 0 Å². The second-order valence-electron chi connectivity index (χ2n) is 7.46. The van der Waals surface area contributed by atoms with Crippen molar-refractivity contribution in [1.82, 2.24) is 10.6 Å². The molecule has 1 aromatic carbocycles. The molecule has 3 N–H and O–H groups in total. The number of aliphatic carboxylic acids is 1. The van der Waals surface area contributed by atoms with Crippen molar-refractivity contribution in [2.24, 2.45) is 5.92 Å². The van der Waals surface area contributed by atoms with Crippen molar-refractivity contribution < 1.29 is 19.5 Å². The van der Waals surface area contributed by atoms with E-state index in [4.69, 9.17) is 5.11 Å². The van der Waals surface area contributed by atoms with E-state index in [1.54, 1.807) is 12.1 Å². The van der Waals surface area contributed by atoms with Crippen LogP contribution in [0.5, 0.6) is 0 Å². The van der Waals surface area contributed by atoms with Crippen LogP contribution in [0.15, 0.2) is 24.3 Å². The highest BCUT2D eigenvalue weighted by Gasteiger charge is 2.24. The van der Waals surface area contributed by atoms with Crippen LogP contribution in [0.1, 0.15) is 57.0 Å². The van der Waals surface area contributed by atoms with Crippen molar-refractivity contribution >= 4 is 17.8 Å². The molecule has 0 radical (unpaired) electrons. The van der Waals surface area contributed by atoms with E-state index in [0.717, 1.165) is 5.56 Å². The Morgan fingerprint density at radius 1 is 1.08 bits per heavy atom. The first kappa shape index (κ1) is 20.7. The highest BCUT2D eigenvalue weighted by atomic mass is 16.4. The van der Waals surface area contributed by atoms with Crippen LogP contribution in [0.4, 0.5) is 0 Å². The Morgan fingerprint density at radius 2 is 1.64 bits per heavy atom. The van der Waals surface area contributed by atoms with Gasteiger partial charge in [-0.3, -0.25) is 14.4 Å². The summed E-state index contributed by atoms with van der Waals surface area (Å²) in [5.74, 6) is -1.81. The van der Waals surface area contributed by atoms with Gasteiger partial charge in [0.05, 0.1) is 6.42 Å². The Kier molecular flexibility index (Phi) is 7.15. The van der Waals surface area contributed by atoms with Gasteiger partial charge in [0.25, 0.3) is 5.91 Å². The lowest BCUT2D eigenvalue weighted by Gasteiger charge is -2.22. The summed E-state index contributed by atoms with van der Waals surface area (Å²) in [6, 6.07) is 6.59. The predicted octanol–water partition coefficient (Wildman–Crippen LogP) is 2.33. The molecule has 0 bridgehead atoms. The predicted molar refractivity (Wildman–Crippen MR) is 96.5 cm³/mol. The molecule has 0 aromatic heterocycles. The fourth-order valence-electron chi connectivity index (χ4n) is 2.28. The minimum absolute atomic E-state index is 0.000495. The van der Waals surface area contributed by atoms with Crippen LogP contribution in [-0.4, -0.2) is 35.5 Å². The molecule has 6 nitrogen and oxygen atoms in total. The molecule has 0 fully saturated rings. The van der Waals surface area contributed by atoms with Gasteiger partial charge in [-0.2, -0.15) is 0 Å². The molecule has 1 unspecified atom stereocenters. The third-order valence-corrected chi connectivity index (χ3v) is 3.89. The van der Waals surface area contributed by atoms with Gasteiger partial charge in [0.1, 0.15) is 6.04 Å². The number of carboxylic acids is 1. The topological polar surface area (TPSA) is 95.5 Å². The maximum absolute atomic E-state index is 12.4. The fraction of sp³-hybridized carbons (Fsp3) is 0.526. The third-order valence-electron chi connectivity index (χ3n) is 3.89. The Labute approximate surface area is 149 Å². The van der Waals surface area contributed by atoms with Gasteiger partial charge in [-0.15, -0.1) is 0 Å². The molecule has 25 heavy (non-hydrogen) atoms. The number of hydrogen-bond acceptors (Lipinski definition) is 3. The molecule has 0 heterocycles. The number of benzene rings is 1. The molecule has 0 aliphatic heterocycles. The zero-order chi connectivity index (χ0) is 19.2. The van der Waals surface area contributed by atoms with Crippen LogP contribution >= 0.6 is 0 Å². The number of nitrogens with one attached hydrogen (secondary N) is 2. The van der Waals surface area contributed by atoms with Crippen LogP contribution in [0.3, 0.4) is 0 Å². The van der Waals surface area contributed by atoms with Crippen molar-refractivity contribution in [3.63, 3.8) is 0 Å². The molecule has 1 rings (SSSR count). The average molecular weight is 348 g/mol. The zero-order valence-electron chi connectivity index (χ0n) is 15.6. The third kappa shape index (κ3) is 6.57. The van der Waals surface area contributed by atoms with Gasteiger partial charge in [0.15, 0.2) is 0 Å². The van der Waals surface area contributed by atoms with Gasteiger partial charge in [-0.05, 0) is 29.0 Å². The summed E-state index contributed by atoms with van der Waals surface area (Å²) in [5, 5.41) is 13.9. The smallest absolute Gasteiger partial charge is 0.305 e. The summed E-state index contributed by atoms with van der Waals surface area (Å²) in [5.41, 5.74) is 1.60. The normalized spacial score (nSPS) is 12.6. The zero-order valence-corrected chi connectivity index (χ0v) is 15.6. The lowest BCUT2D eigenvalue weighted by Crippen LogP contribution is -2.50. The molecule has 1 atom stereocenters. The number of rotatable bonds is 7. The van der Waals surface area contributed by atoms with Gasteiger partial charge in [-0.1, -0.05) is 46.8 Å². The van der Waals surface area contributed by atoms with Gasteiger partial charge in [-0.25, -0.2) is 0 Å². The Balaban J connectivity index is 2.76. The molecular formula is C19H28N2O4. The minimum Gasteiger partial charge on any atom is -0.481 e. The van der Waals surface area contributed by atoms with E-state index < -0.39 is 12.0 Å². The maximum Gasteiger partial charge on any atom is 0.305 e. The van der Waals surface area contributed by atoms with E-state index in [1.165, 1.54) is 0 Å². The van der Waals surface area contributed by atoms with Crippen molar-refractivity contribution in [2.45, 2.75) is 52.5 Å². The van der Waals surface area contributed by atoms with Gasteiger partial charge in [0, 0.05) is 12.1 Å². The van der Waals surface area contributed by atoms with Crippen LogP contribution in [0.2, 0.25) is 0 Å². The van der Waals surface area contributed by atoms with Crippen molar-refractivity contribution in [3.05, 3.63) is 35.4 Å². The van der Waals surface area contributed by atoms with Crippen LogP contribution in [0, 0.1) is 5.92 Å². The van der Waals surface area contributed by atoms with E-state index in [9.17, 15) is 14.4 Å². The molecule has 1 aromatic rings. The second-order valence-corrected chi connectivity index (χ2v) is 7.46. The van der Waals surface area contributed by atoms with E-state index in [2.05, 4.69) is 31.4 Å². The monoisotopic (exact) mass is 348 g/mol. The lowest BCUT2D eigenvalue weighted by molar-refractivity contribution is -0.137. The molecule has 0 aliphatic rings. The number of carbonyl (C=O) groups excluding carboxylic acids is 2. The SMILES string of the molecule is CC(C)C(NC(=O)c1ccc(C(C)(C)C)cc1)C(=O)NCCC(=O)O. The molecule has 0 spiro atoms. The lowest BCUT2D eigenvalue weighted by atomic mass is 9.86. The highest BCUT2D eigenvalue weighted by molar-refractivity contribution is 5.97. The first-order chi connectivity index (χ1) is 11.5. The minimum atomic E-state index is -0.982. The molecular weight excluding hydrogens is 320 g/mol. The average Bonchev–Trinajstić information content (AvgIpc) is 2.50.